The van der Waals surface area contributed by atoms with E-state index in [9.17, 15) is 5.26 Å². The van der Waals surface area contributed by atoms with E-state index >= 15 is 0 Å². The van der Waals surface area contributed by atoms with Gasteiger partial charge in [-0.15, -0.1) is 11.3 Å². The molecule has 7 heteroatoms. The Balaban J connectivity index is 1.84. The number of hydrogen-bond donors (Lipinski definition) is 1. The van der Waals surface area contributed by atoms with Crippen molar-refractivity contribution in [3.05, 3.63) is 59.1 Å². The van der Waals surface area contributed by atoms with E-state index in [0.717, 1.165) is 17.0 Å². The summed E-state index contributed by atoms with van der Waals surface area (Å²) in [6.45, 7) is 0. The fraction of sp³-hybridized carbons (Fsp3) is 0.143. The zero-order chi connectivity index (χ0) is 19.9. The van der Waals surface area contributed by atoms with Crippen molar-refractivity contribution in [2.45, 2.75) is 0 Å². The second-order valence-corrected chi connectivity index (χ2v) is 6.50. The first kappa shape index (κ1) is 19.3. The van der Waals surface area contributed by atoms with Crippen LogP contribution >= 0.6 is 11.3 Å². The number of nitriles is 1. The van der Waals surface area contributed by atoms with Crippen LogP contribution in [0.3, 0.4) is 0 Å². The van der Waals surface area contributed by atoms with E-state index in [0.29, 0.717) is 27.8 Å². The molecule has 0 fully saturated rings. The molecule has 0 aliphatic carbocycles. The summed E-state index contributed by atoms with van der Waals surface area (Å²) in [6, 6.07) is 15.2. The lowest BCUT2D eigenvalue weighted by Gasteiger charge is -2.10. The average molecular weight is 393 g/mol. The molecule has 142 valence electrons. The van der Waals surface area contributed by atoms with Crippen LogP contribution in [-0.4, -0.2) is 26.3 Å². The van der Waals surface area contributed by atoms with Gasteiger partial charge in [0.25, 0.3) is 0 Å². The minimum absolute atomic E-state index is 0.426. The number of thiazole rings is 1. The van der Waals surface area contributed by atoms with E-state index in [1.807, 2.05) is 29.6 Å². The van der Waals surface area contributed by atoms with E-state index < -0.39 is 0 Å². The minimum atomic E-state index is 0.426. The number of hydrogen-bond acceptors (Lipinski definition) is 7. The largest absolute Gasteiger partial charge is 0.497 e. The fourth-order valence-electron chi connectivity index (χ4n) is 2.51. The van der Waals surface area contributed by atoms with Gasteiger partial charge in [0.15, 0.2) is 0 Å². The first-order valence-electron chi connectivity index (χ1n) is 8.37. The average Bonchev–Trinajstić information content (AvgIpc) is 3.24. The van der Waals surface area contributed by atoms with Gasteiger partial charge in [0.2, 0.25) is 0 Å². The predicted octanol–water partition coefficient (Wildman–Crippen LogP) is 4.81. The van der Waals surface area contributed by atoms with Crippen molar-refractivity contribution >= 4 is 22.6 Å². The number of nitrogens with zero attached hydrogens (tertiary/aromatic N) is 2. The fourth-order valence-corrected chi connectivity index (χ4v) is 3.31. The molecule has 1 aromatic heterocycles. The summed E-state index contributed by atoms with van der Waals surface area (Å²) in [5, 5.41) is 15.2. The first-order chi connectivity index (χ1) is 13.7. The second kappa shape index (κ2) is 8.93. The van der Waals surface area contributed by atoms with Gasteiger partial charge in [-0.05, 0) is 36.4 Å². The summed E-state index contributed by atoms with van der Waals surface area (Å²) in [5.74, 6) is 2.12. The summed E-state index contributed by atoms with van der Waals surface area (Å²) in [5.41, 5.74) is 2.89. The summed E-state index contributed by atoms with van der Waals surface area (Å²) >= 11 is 1.41. The molecule has 0 saturated carbocycles. The molecule has 0 saturated heterocycles. The van der Waals surface area contributed by atoms with Crippen LogP contribution in [0.15, 0.2) is 54.0 Å². The van der Waals surface area contributed by atoms with Gasteiger partial charge < -0.3 is 19.5 Å². The molecule has 0 amide bonds. The number of benzene rings is 2. The van der Waals surface area contributed by atoms with Gasteiger partial charge in [-0.1, -0.05) is 0 Å². The molecular formula is C21H19N3O3S. The molecule has 1 N–H and O–H groups in total. The van der Waals surface area contributed by atoms with Crippen molar-refractivity contribution in [1.82, 2.24) is 4.98 Å². The van der Waals surface area contributed by atoms with Crippen LogP contribution in [0.4, 0.5) is 5.69 Å². The highest BCUT2D eigenvalue weighted by atomic mass is 32.1. The van der Waals surface area contributed by atoms with E-state index in [1.165, 1.54) is 11.3 Å². The SMILES string of the molecule is COc1ccc(-c2csc(/C(C#N)=C/Nc3cc(OC)ccc3OC)n2)cc1. The van der Waals surface area contributed by atoms with Gasteiger partial charge in [-0.25, -0.2) is 4.98 Å². The number of aromatic nitrogens is 1. The van der Waals surface area contributed by atoms with Crippen LogP contribution in [0.2, 0.25) is 0 Å². The Morgan fingerprint density at radius 3 is 2.39 bits per heavy atom. The third kappa shape index (κ3) is 4.24. The van der Waals surface area contributed by atoms with Crippen LogP contribution in [0.1, 0.15) is 5.01 Å². The Morgan fingerprint density at radius 1 is 1.04 bits per heavy atom. The molecule has 0 spiro atoms. The molecule has 0 radical (unpaired) electrons. The predicted molar refractivity (Wildman–Crippen MR) is 111 cm³/mol. The number of ether oxygens (including phenoxy) is 3. The number of methoxy groups -OCH3 is 3. The zero-order valence-corrected chi connectivity index (χ0v) is 16.5. The van der Waals surface area contributed by atoms with E-state index in [1.54, 1.807) is 45.7 Å². The number of rotatable bonds is 7. The van der Waals surface area contributed by atoms with Crippen LogP contribution in [0, 0.1) is 11.3 Å². The Hall–Kier alpha value is -3.50. The van der Waals surface area contributed by atoms with E-state index in [4.69, 9.17) is 14.2 Å². The maximum atomic E-state index is 9.57. The molecule has 0 atom stereocenters. The Kier molecular flexibility index (Phi) is 6.14. The van der Waals surface area contributed by atoms with Gasteiger partial charge in [0, 0.05) is 23.2 Å². The first-order valence-corrected chi connectivity index (χ1v) is 9.25. The number of allylic oxidation sites excluding steroid dienone is 1. The Morgan fingerprint density at radius 2 is 1.75 bits per heavy atom. The molecule has 1 heterocycles. The van der Waals surface area contributed by atoms with Crippen molar-refractivity contribution in [3.8, 4) is 34.6 Å². The van der Waals surface area contributed by atoms with Crippen LogP contribution in [0.25, 0.3) is 16.8 Å². The molecule has 2 aromatic carbocycles. The van der Waals surface area contributed by atoms with Crippen molar-refractivity contribution in [2.75, 3.05) is 26.6 Å². The standard InChI is InChI=1S/C21H19N3O3S/c1-25-16-6-4-14(5-7-16)19-13-28-21(24-19)15(11-22)12-23-18-10-17(26-2)8-9-20(18)27-3/h4-10,12-13,23H,1-3H3/b15-12+. The third-order valence-electron chi connectivity index (χ3n) is 4.02. The van der Waals surface area contributed by atoms with Crippen molar-refractivity contribution in [3.63, 3.8) is 0 Å². The van der Waals surface area contributed by atoms with Gasteiger partial charge >= 0.3 is 0 Å². The van der Waals surface area contributed by atoms with Crippen molar-refractivity contribution < 1.29 is 14.2 Å². The lowest BCUT2D eigenvalue weighted by molar-refractivity contribution is 0.405. The highest BCUT2D eigenvalue weighted by molar-refractivity contribution is 7.11. The van der Waals surface area contributed by atoms with Crippen molar-refractivity contribution in [1.29, 1.82) is 5.26 Å². The highest BCUT2D eigenvalue weighted by Gasteiger charge is 2.10. The molecule has 0 aliphatic heterocycles. The topological polar surface area (TPSA) is 76.4 Å². The summed E-state index contributed by atoms with van der Waals surface area (Å²) in [4.78, 5) is 4.59. The summed E-state index contributed by atoms with van der Waals surface area (Å²) < 4.78 is 15.8. The molecule has 0 bridgehead atoms. The molecule has 0 aliphatic rings. The van der Waals surface area contributed by atoms with Crippen LogP contribution in [0.5, 0.6) is 17.2 Å². The highest BCUT2D eigenvalue weighted by Crippen LogP contribution is 2.31. The molecule has 28 heavy (non-hydrogen) atoms. The second-order valence-electron chi connectivity index (χ2n) is 5.65. The lowest BCUT2D eigenvalue weighted by Crippen LogP contribution is -1.96. The zero-order valence-electron chi connectivity index (χ0n) is 15.7. The Bertz CT molecular complexity index is 1020. The van der Waals surface area contributed by atoms with E-state index in [-0.39, 0.29) is 0 Å². The van der Waals surface area contributed by atoms with Crippen LogP contribution in [-0.2, 0) is 0 Å². The van der Waals surface area contributed by atoms with Crippen molar-refractivity contribution in [2.24, 2.45) is 0 Å². The summed E-state index contributed by atoms with van der Waals surface area (Å²) in [7, 11) is 4.81. The monoisotopic (exact) mass is 393 g/mol. The molecule has 0 unspecified atom stereocenters. The molecular weight excluding hydrogens is 374 g/mol. The number of nitrogens with one attached hydrogen (secondary N) is 1. The van der Waals surface area contributed by atoms with Gasteiger partial charge in [0.05, 0.1) is 32.7 Å². The Labute approximate surface area is 167 Å². The maximum Gasteiger partial charge on any atom is 0.142 e. The molecule has 3 aromatic rings. The maximum absolute atomic E-state index is 9.57. The number of anilines is 1. The smallest absolute Gasteiger partial charge is 0.142 e. The van der Waals surface area contributed by atoms with Gasteiger partial charge in [-0.3, -0.25) is 0 Å². The van der Waals surface area contributed by atoms with Gasteiger partial charge in [-0.2, -0.15) is 5.26 Å². The van der Waals surface area contributed by atoms with Gasteiger partial charge in [0.1, 0.15) is 33.9 Å². The molecule has 3 rings (SSSR count). The van der Waals surface area contributed by atoms with Crippen LogP contribution < -0.4 is 19.5 Å². The third-order valence-corrected chi connectivity index (χ3v) is 4.90. The quantitative estimate of drug-likeness (QED) is 0.581. The molecule has 6 nitrogen and oxygen atoms in total. The lowest BCUT2D eigenvalue weighted by atomic mass is 10.2. The summed E-state index contributed by atoms with van der Waals surface area (Å²) in [6.07, 6.45) is 1.62. The van der Waals surface area contributed by atoms with E-state index in [2.05, 4.69) is 16.4 Å². The normalized spacial score (nSPS) is 10.9. The minimum Gasteiger partial charge on any atom is -0.497 e.